The second kappa shape index (κ2) is 4.29. The van der Waals surface area contributed by atoms with Crippen LogP contribution in [0.1, 0.15) is 44.5 Å². The van der Waals surface area contributed by atoms with Crippen LogP contribution in [0.2, 0.25) is 0 Å². The molecule has 1 aromatic heterocycles. The highest BCUT2D eigenvalue weighted by Gasteiger charge is 2.29. The Morgan fingerprint density at radius 2 is 2.29 bits per heavy atom. The van der Waals surface area contributed by atoms with Crippen molar-refractivity contribution in [1.29, 1.82) is 0 Å². The molecule has 0 radical (unpaired) electrons. The van der Waals surface area contributed by atoms with Crippen molar-refractivity contribution in [3.8, 4) is 0 Å². The first-order valence-corrected chi connectivity index (χ1v) is 6.53. The average Bonchev–Trinajstić information content (AvgIpc) is 2.96. The van der Waals surface area contributed by atoms with Crippen molar-refractivity contribution in [2.24, 2.45) is 5.92 Å². The molecule has 17 heavy (non-hydrogen) atoms. The molecule has 1 N–H and O–H groups in total. The number of hydrogen-bond donors (Lipinski definition) is 1. The molecule has 1 fully saturated rings. The van der Waals surface area contributed by atoms with E-state index in [4.69, 9.17) is 9.84 Å². The third-order valence-corrected chi connectivity index (χ3v) is 3.75. The maximum Gasteiger partial charge on any atom is 0.221 e. The van der Waals surface area contributed by atoms with Crippen molar-refractivity contribution in [2.45, 2.75) is 38.6 Å². The fourth-order valence-electron chi connectivity index (χ4n) is 2.67. The van der Waals surface area contributed by atoms with Crippen molar-refractivity contribution < 1.29 is 4.74 Å². The van der Waals surface area contributed by atoms with Gasteiger partial charge >= 0.3 is 0 Å². The van der Waals surface area contributed by atoms with Gasteiger partial charge < -0.3 is 10.1 Å². The highest BCUT2D eigenvalue weighted by Crippen LogP contribution is 2.31. The minimum Gasteiger partial charge on any atom is -0.381 e. The van der Waals surface area contributed by atoms with E-state index in [-0.39, 0.29) is 0 Å². The van der Waals surface area contributed by atoms with Crippen LogP contribution in [-0.2, 0) is 4.74 Å². The predicted octanol–water partition coefficient (Wildman–Crippen LogP) is 1.79. The zero-order chi connectivity index (χ0) is 11.8. The third kappa shape index (κ3) is 1.92. The first kappa shape index (κ1) is 11.0. The van der Waals surface area contributed by atoms with Gasteiger partial charge in [-0.3, -0.25) is 0 Å². The number of anilines is 1. The van der Waals surface area contributed by atoms with Crippen molar-refractivity contribution in [1.82, 2.24) is 14.8 Å². The van der Waals surface area contributed by atoms with E-state index in [0.29, 0.717) is 17.9 Å². The zero-order valence-electron chi connectivity index (χ0n) is 10.5. The molecule has 1 aromatic rings. The Morgan fingerprint density at radius 3 is 3.00 bits per heavy atom. The molecular formula is C12H20N4O. The van der Waals surface area contributed by atoms with Crippen LogP contribution in [0, 0.1) is 5.92 Å². The summed E-state index contributed by atoms with van der Waals surface area (Å²) in [7, 11) is 0. The normalized spacial score (nSPS) is 28.2. The summed E-state index contributed by atoms with van der Waals surface area (Å²) in [4.78, 5) is 4.63. The van der Waals surface area contributed by atoms with Crippen molar-refractivity contribution >= 4 is 5.95 Å². The molecule has 3 rings (SSSR count). The van der Waals surface area contributed by atoms with Crippen LogP contribution < -0.4 is 5.32 Å². The Kier molecular flexibility index (Phi) is 2.78. The summed E-state index contributed by atoms with van der Waals surface area (Å²) in [5, 5.41) is 8.04. The highest BCUT2D eigenvalue weighted by molar-refractivity contribution is 5.29. The molecule has 2 aliphatic heterocycles. The lowest BCUT2D eigenvalue weighted by Crippen LogP contribution is -2.27. The van der Waals surface area contributed by atoms with Gasteiger partial charge in [0.1, 0.15) is 0 Å². The minimum absolute atomic E-state index is 0.391. The summed E-state index contributed by atoms with van der Waals surface area (Å²) in [6, 6.07) is 0.481. The monoisotopic (exact) mass is 236 g/mol. The quantitative estimate of drug-likeness (QED) is 0.850. The highest BCUT2D eigenvalue weighted by atomic mass is 16.5. The first-order valence-electron chi connectivity index (χ1n) is 6.53. The van der Waals surface area contributed by atoms with Crippen LogP contribution in [0.25, 0.3) is 0 Å². The summed E-state index contributed by atoms with van der Waals surface area (Å²) in [5.74, 6) is 2.89. The predicted molar refractivity (Wildman–Crippen MR) is 65.2 cm³/mol. The molecule has 2 atom stereocenters. The number of rotatable bonds is 2. The lowest BCUT2D eigenvalue weighted by molar-refractivity contribution is 0.193. The standard InChI is InChI=1S/C12H20N4O/c1-8(2)10-3-5-13-12-14-11(15-16(10)12)9-4-6-17-7-9/h8-10H,3-7H2,1-2H3,(H,13,14,15). The van der Waals surface area contributed by atoms with Gasteiger partial charge in [0, 0.05) is 19.1 Å². The van der Waals surface area contributed by atoms with Crippen LogP contribution in [0.4, 0.5) is 5.95 Å². The summed E-state index contributed by atoms with van der Waals surface area (Å²) in [6.07, 6.45) is 2.18. The molecule has 1 saturated heterocycles. The lowest BCUT2D eigenvalue weighted by Gasteiger charge is -2.27. The van der Waals surface area contributed by atoms with Crippen LogP contribution in [0.3, 0.4) is 0 Å². The number of ether oxygens (including phenoxy) is 1. The van der Waals surface area contributed by atoms with Gasteiger partial charge in [0.05, 0.1) is 12.6 Å². The van der Waals surface area contributed by atoms with Gasteiger partial charge in [-0.25, -0.2) is 4.68 Å². The Balaban J connectivity index is 1.89. The third-order valence-electron chi connectivity index (χ3n) is 3.75. The maximum atomic E-state index is 5.41. The molecule has 0 aromatic carbocycles. The topological polar surface area (TPSA) is 52.0 Å². The van der Waals surface area contributed by atoms with Gasteiger partial charge in [0.2, 0.25) is 5.95 Å². The molecule has 0 aliphatic carbocycles. The van der Waals surface area contributed by atoms with Crippen LogP contribution >= 0.6 is 0 Å². The number of nitrogens with one attached hydrogen (secondary N) is 1. The van der Waals surface area contributed by atoms with E-state index in [2.05, 4.69) is 28.8 Å². The largest absolute Gasteiger partial charge is 0.381 e. The van der Waals surface area contributed by atoms with Gasteiger partial charge in [0.15, 0.2) is 5.82 Å². The molecule has 3 heterocycles. The number of hydrogen-bond acceptors (Lipinski definition) is 4. The smallest absolute Gasteiger partial charge is 0.221 e. The van der Waals surface area contributed by atoms with E-state index in [0.717, 1.165) is 44.4 Å². The fraction of sp³-hybridized carbons (Fsp3) is 0.833. The van der Waals surface area contributed by atoms with Gasteiger partial charge in [0.25, 0.3) is 0 Å². The van der Waals surface area contributed by atoms with E-state index >= 15 is 0 Å². The Hall–Kier alpha value is -1.10. The summed E-state index contributed by atoms with van der Waals surface area (Å²) in [6.45, 7) is 7.12. The second-order valence-electron chi connectivity index (χ2n) is 5.33. The number of nitrogens with zero attached hydrogens (tertiary/aromatic N) is 3. The average molecular weight is 236 g/mol. The van der Waals surface area contributed by atoms with Gasteiger partial charge in [-0.05, 0) is 18.8 Å². The lowest BCUT2D eigenvalue weighted by atomic mass is 10.0. The molecular weight excluding hydrogens is 216 g/mol. The first-order chi connectivity index (χ1) is 8.25. The molecule has 0 bridgehead atoms. The molecule has 5 nitrogen and oxygen atoms in total. The maximum absolute atomic E-state index is 5.41. The van der Waals surface area contributed by atoms with Crippen molar-refractivity contribution in [3.05, 3.63) is 5.82 Å². The molecule has 94 valence electrons. The minimum atomic E-state index is 0.391. The van der Waals surface area contributed by atoms with E-state index in [1.165, 1.54) is 0 Å². The SMILES string of the molecule is CC(C)C1CCNc2nc(C3CCOC3)nn21. The molecule has 0 amide bonds. The fourth-order valence-corrected chi connectivity index (χ4v) is 2.67. The van der Waals surface area contributed by atoms with E-state index < -0.39 is 0 Å². The second-order valence-corrected chi connectivity index (χ2v) is 5.33. The molecule has 5 heteroatoms. The molecule has 0 saturated carbocycles. The van der Waals surface area contributed by atoms with Crippen LogP contribution in [0.15, 0.2) is 0 Å². The van der Waals surface area contributed by atoms with E-state index in [1.54, 1.807) is 0 Å². The molecule has 2 unspecified atom stereocenters. The molecule has 0 spiro atoms. The summed E-state index contributed by atoms with van der Waals surface area (Å²) in [5.41, 5.74) is 0. The Morgan fingerprint density at radius 1 is 1.41 bits per heavy atom. The van der Waals surface area contributed by atoms with E-state index in [9.17, 15) is 0 Å². The molecule has 2 aliphatic rings. The van der Waals surface area contributed by atoms with Gasteiger partial charge in [-0.15, -0.1) is 0 Å². The number of aromatic nitrogens is 3. The van der Waals surface area contributed by atoms with E-state index in [1.807, 2.05) is 0 Å². The van der Waals surface area contributed by atoms with Crippen LogP contribution in [-0.4, -0.2) is 34.5 Å². The summed E-state index contributed by atoms with van der Waals surface area (Å²) >= 11 is 0. The van der Waals surface area contributed by atoms with Crippen LogP contribution in [0.5, 0.6) is 0 Å². The summed E-state index contributed by atoms with van der Waals surface area (Å²) < 4.78 is 7.49. The number of fused-ring (bicyclic) bond motifs is 1. The van der Waals surface area contributed by atoms with Gasteiger partial charge in [-0.1, -0.05) is 13.8 Å². The van der Waals surface area contributed by atoms with Crippen molar-refractivity contribution in [2.75, 3.05) is 25.1 Å². The Bertz CT molecular complexity index is 395. The van der Waals surface area contributed by atoms with Gasteiger partial charge in [-0.2, -0.15) is 10.1 Å². The van der Waals surface area contributed by atoms with Crippen molar-refractivity contribution in [3.63, 3.8) is 0 Å². The zero-order valence-corrected chi connectivity index (χ0v) is 10.5. The Labute approximate surface area is 102 Å².